The molecule has 0 saturated carbocycles. The molecule has 23 heavy (non-hydrogen) atoms. The van der Waals surface area contributed by atoms with Crippen LogP contribution < -0.4 is 5.32 Å². The normalized spacial score (nSPS) is 12.3. The van der Waals surface area contributed by atoms with Gasteiger partial charge >= 0.3 is 0 Å². The molecule has 7 heteroatoms. The molecule has 1 amide bonds. The predicted molar refractivity (Wildman–Crippen MR) is 85.4 cm³/mol. The first-order valence-corrected chi connectivity index (χ1v) is 8.32. The molecule has 124 valence electrons. The molecule has 0 fully saturated rings. The zero-order valence-corrected chi connectivity index (χ0v) is 13.8. The fourth-order valence-corrected chi connectivity index (χ4v) is 2.93. The first kappa shape index (κ1) is 17.4. The molecule has 0 aliphatic heterocycles. The van der Waals surface area contributed by atoms with E-state index in [0.29, 0.717) is 5.76 Å². The van der Waals surface area contributed by atoms with Crippen LogP contribution >= 0.6 is 0 Å². The molecule has 0 bridgehead atoms. The molecule has 1 N–H and O–H groups in total. The van der Waals surface area contributed by atoms with E-state index >= 15 is 0 Å². The van der Waals surface area contributed by atoms with Gasteiger partial charge in [0.25, 0.3) is 5.91 Å². The Hall–Kier alpha value is -1.96. The van der Waals surface area contributed by atoms with Crippen LogP contribution in [0.4, 0.5) is 0 Å². The monoisotopic (exact) mass is 337 g/mol. The standard InChI is InChI=1S/C16H19NO5S/c1-20-15(21-2)10-17-16(18)14-9-8-12(22-14)11-23(19)13-6-4-3-5-7-13/h3-9,15H,10-11H2,1-2H3,(H,17,18)/t23-/m0/s1. The van der Waals surface area contributed by atoms with E-state index < -0.39 is 17.1 Å². The Balaban J connectivity index is 1.92. The summed E-state index contributed by atoms with van der Waals surface area (Å²) in [5.74, 6) is 0.500. The van der Waals surface area contributed by atoms with Crippen molar-refractivity contribution in [3.8, 4) is 0 Å². The van der Waals surface area contributed by atoms with Crippen LogP contribution in [0.25, 0.3) is 0 Å². The van der Waals surface area contributed by atoms with E-state index in [1.807, 2.05) is 18.2 Å². The topological polar surface area (TPSA) is 77.8 Å². The Bertz CT molecular complexity index is 652. The number of rotatable bonds is 8. The molecule has 1 atom stereocenters. The highest BCUT2D eigenvalue weighted by molar-refractivity contribution is 7.84. The van der Waals surface area contributed by atoms with Crippen molar-refractivity contribution in [2.45, 2.75) is 16.9 Å². The van der Waals surface area contributed by atoms with Crippen LogP contribution in [0.1, 0.15) is 16.3 Å². The van der Waals surface area contributed by atoms with E-state index in [1.165, 1.54) is 14.2 Å². The first-order chi connectivity index (χ1) is 11.1. The number of amides is 1. The van der Waals surface area contributed by atoms with Crippen molar-refractivity contribution in [1.29, 1.82) is 0 Å². The van der Waals surface area contributed by atoms with E-state index in [9.17, 15) is 9.00 Å². The lowest BCUT2D eigenvalue weighted by molar-refractivity contribution is -0.0975. The van der Waals surface area contributed by atoms with Gasteiger partial charge in [-0.05, 0) is 24.3 Å². The second-order valence-electron chi connectivity index (χ2n) is 4.68. The molecule has 6 nitrogen and oxygen atoms in total. The van der Waals surface area contributed by atoms with Gasteiger partial charge in [0.1, 0.15) is 5.76 Å². The summed E-state index contributed by atoms with van der Waals surface area (Å²) in [5, 5.41) is 2.64. The Kier molecular flexibility index (Phi) is 6.52. The number of benzene rings is 1. The number of ether oxygens (including phenoxy) is 2. The first-order valence-electron chi connectivity index (χ1n) is 7.00. The van der Waals surface area contributed by atoms with Crippen molar-refractivity contribution in [3.05, 3.63) is 54.0 Å². The highest BCUT2D eigenvalue weighted by Crippen LogP contribution is 2.15. The summed E-state index contributed by atoms with van der Waals surface area (Å²) in [6, 6.07) is 12.3. The molecule has 1 aromatic carbocycles. The molecule has 2 aromatic rings. The van der Waals surface area contributed by atoms with E-state index in [-0.39, 0.29) is 24.0 Å². The number of methoxy groups -OCH3 is 2. The van der Waals surface area contributed by atoms with Crippen LogP contribution in [0.2, 0.25) is 0 Å². The Morgan fingerprint density at radius 1 is 1.17 bits per heavy atom. The maximum atomic E-state index is 12.2. The molecule has 1 aromatic heterocycles. The Morgan fingerprint density at radius 3 is 2.52 bits per heavy atom. The summed E-state index contributed by atoms with van der Waals surface area (Å²) in [4.78, 5) is 12.7. The van der Waals surface area contributed by atoms with Crippen LogP contribution in [0, 0.1) is 0 Å². The molecule has 0 aliphatic carbocycles. The molecule has 1 heterocycles. The molecule has 0 unspecified atom stereocenters. The number of hydrogen-bond acceptors (Lipinski definition) is 5. The molecule has 0 saturated heterocycles. The number of hydrogen-bond donors (Lipinski definition) is 1. The van der Waals surface area contributed by atoms with Gasteiger partial charge in [0.15, 0.2) is 12.1 Å². The molecular formula is C16H19NO5S. The van der Waals surface area contributed by atoms with Crippen LogP contribution in [0.3, 0.4) is 0 Å². The smallest absolute Gasteiger partial charge is 0.287 e. The largest absolute Gasteiger partial charge is 0.455 e. The third-order valence-corrected chi connectivity index (χ3v) is 4.46. The van der Waals surface area contributed by atoms with Crippen LogP contribution in [0.15, 0.2) is 51.8 Å². The van der Waals surface area contributed by atoms with Gasteiger partial charge in [0.05, 0.1) is 23.1 Å². The lowest BCUT2D eigenvalue weighted by Gasteiger charge is -2.13. The third-order valence-electron chi connectivity index (χ3n) is 3.12. The van der Waals surface area contributed by atoms with E-state index in [0.717, 1.165) is 4.90 Å². The summed E-state index contributed by atoms with van der Waals surface area (Å²) < 4.78 is 27.6. The quantitative estimate of drug-likeness (QED) is 0.745. The molecule has 2 rings (SSSR count). The number of carbonyl (C=O) groups excluding carboxylic acids is 1. The minimum atomic E-state index is -1.21. The van der Waals surface area contributed by atoms with E-state index in [1.54, 1.807) is 24.3 Å². The molecular weight excluding hydrogens is 318 g/mol. The molecule has 0 aliphatic rings. The summed E-state index contributed by atoms with van der Waals surface area (Å²) >= 11 is 0. The Labute approximate surface area is 137 Å². The van der Waals surface area contributed by atoms with Gasteiger partial charge in [-0.3, -0.25) is 9.00 Å². The van der Waals surface area contributed by atoms with Gasteiger partial charge in [-0.15, -0.1) is 0 Å². The SMILES string of the molecule is COC(CNC(=O)c1ccc(C[S@](=O)c2ccccc2)o1)OC. The van der Waals surface area contributed by atoms with Gasteiger partial charge in [-0.25, -0.2) is 0 Å². The summed E-state index contributed by atoms with van der Waals surface area (Å²) in [6.07, 6.45) is -0.515. The number of furan rings is 1. The third kappa shape index (κ3) is 5.02. The van der Waals surface area contributed by atoms with Crippen molar-refractivity contribution >= 4 is 16.7 Å². The van der Waals surface area contributed by atoms with Crippen molar-refractivity contribution in [3.63, 3.8) is 0 Å². The van der Waals surface area contributed by atoms with Crippen LogP contribution in [-0.4, -0.2) is 37.2 Å². The average Bonchev–Trinajstić information content (AvgIpc) is 3.05. The summed E-state index contributed by atoms with van der Waals surface area (Å²) in [5.41, 5.74) is 0. The van der Waals surface area contributed by atoms with Gasteiger partial charge < -0.3 is 19.2 Å². The number of nitrogens with one attached hydrogen (secondary N) is 1. The Morgan fingerprint density at radius 2 is 1.87 bits per heavy atom. The van der Waals surface area contributed by atoms with Crippen LogP contribution in [-0.2, 0) is 26.0 Å². The lowest BCUT2D eigenvalue weighted by Crippen LogP contribution is -2.33. The van der Waals surface area contributed by atoms with E-state index in [4.69, 9.17) is 13.9 Å². The zero-order chi connectivity index (χ0) is 16.7. The van der Waals surface area contributed by atoms with Gasteiger partial charge in [0.2, 0.25) is 0 Å². The van der Waals surface area contributed by atoms with Gasteiger partial charge in [-0.2, -0.15) is 0 Å². The fraction of sp³-hybridized carbons (Fsp3) is 0.312. The second-order valence-corrected chi connectivity index (χ2v) is 6.13. The summed E-state index contributed by atoms with van der Waals surface area (Å²) in [7, 11) is 1.77. The van der Waals surface area contributed by atoms with Crippen molar-refractivity contribution < 1.29 is 22.9 Å². The average molecular weight is 337 g/mol. The summed E-state index contributed by atoms with van der Waals surface area (Å²) in [6.45, 7) is 0.206. The maximum absolute atomic E-state index is 12.2. The number of carbonyl (C=O) groups is 1. The highest BCUT2D eigenvalue weighted by Gasteiger charge is 2.15. The maximum Gasteiger partial charge on any atom is 0.287 e. The highest BCUT2D eigenvalue weighted by atomic mass is 32.2. The lowest BCUT2D eigenvalue weighted by atomic mass is 10.4. The second kappa shape index (κ2) is 8.61. The van der Waals surface area contributed by atoms with Gasteiger partial charge in [-0.1, -0.05) is 18.2 Å². The van der Waals surface area contributed by atoms with Crippen molar-refractivity contribution in [2.24, 2.45) is 0 Å². The minimum absolute atomic E-state index is 0.163. The zero-order valence-electron chi connectivity index (χ0n) is 13.0. The van der Waals surface area contributed by atoms with E-state index in [2.05, 4.69) is 5.32 Å². The molecule has 0 radical (unpaired) electrons. The van der Waals surface area contributed by atoms with Crippen molar-refractivity contribution in [1.82, 2.24) is 5.32 Å². The molecule has 0 spiro atoms. The van der Waals surface area contributed by atoms with Crippen molar-refractivity contribution in [2.75, 3.05) is 20.8 Å². The minimum Gasteiger partial charge on any atom is -0.455 e. The van der Waals surface area contributed by atoms with Gasteiger partial charge in [0, 0.05) is 19.1 Å². The predicted octanol–water partition coefficient (Wildman–Crippen LogP) is 1.94. The van der Waals surface area contributed by atoms with Crippen LogP contribution in [0.5, 0.6) is 0 Å². The fourth-order valence-electron chi connectivity index (χ4n) is 1.89.